The Morgan fingerprint density at radius 3 is 2.54 bits per heavy atom. The lowest BCUT2D eigenvalue weighted by Gasteiger charge is -2.25. The Hall–Kier alpha value is -1.81. The molecule has 1 fully saturated rings. The maximum atomic E-state index is 12.8. The molecule has 1 aromatic carbocycles. The van der Waals surface area contributed by atoms with Crippen molar-refractivity contribution in [1.29, 1.82) is 0 Å². The maximum absolute atomic E-state index is 12.8. The summed E-state index contributed by atoms with van der Waals surface area (Å²) in [5.41, 5.74) is 1.90. The minimum absolute atomic E-state index is 0.117. The first-order chi connectivity index (χ1) is 11.4. The second kappa shape index (κ2) is 6.98. The van der Waals surface area contributed by atoms with Crippen molar-refractivity contribution in [3.05, 3.63) is 59.8 Å². The molecule has 2 heterocycles. The highest BCUT2D eigenvalue weighted by Crippen LogP contribution is 2.35. The minimum Gasteiger partial charge on any atom is -0.332 e. The molecule has 2 aromatic rings. The Bertz CT molecular complexity index is 692. The fourth-order valence-electron chi connectivity index (χ4n) is 3.07. The number of carbonyl (C=O) groups is 1. The first-order valence-corrected chi connectivity index (χ1v) is 9.27. The summed E-state index contributed by atoms with van der Waals surface area (Å²) in [4.78, 5) is 19.4. The standard InChI is InChI=1S/C20H24N2OS/c1-20(2,3)24-18-12-11-16(14-21-18)17-10-7-13-22(17)19(23)15-8-5-4-6-9-15/h4-6,8-9,11-12,14,17H,7,10,13H2,1-3H3/t17-/m0/s1. The van der Waals surface area contributed by atoms with E-state index in [4.69, 9.17) is 0 Å². The van der Waals surface area contributed by atoms with E-state index in [1.807, 2.05) is 41.4 Å². The van der Waals surface area contributed by atoms with Crippen molar-refractivity contribution in [1.82, 2.24) is 9.88 Å². The van der Waals surface area contributed by atoms with E-state index in [1.54, 1.807) is 11.8 Å². The summed E-state index contributed by atoms with van der Waals surface area (Å²) >= 11 is 1.76. The molecule has 0 bridgehead atoms. The maximum Gasteiger partial charge on any atom is 0.254 e. The SMILES string of the molecule is CC(C)(C)Sc1ccc([C@@H]2CCCN2C(=O)c2ccccc2)cn1. The van der Waals surface area contributed by atoms with Crippen molar-refractivity contribution in [2.24, 2.45) is 0 Å². The molecular formula is C20H24N2OS. The van der Waals surface area contributed by atoms with Gasteiger partial charge in [-0.25, -0.2) is 4.98 Å². The van der Waals surface area contributed by atoms with Gasteiger partial charge >= 0.3 is 0 Å². The van der Waals surface area contributed by atoms with Gasteiger partial charge in [0.1, 0.15) is 0 Å². The van der Waals surface area contributed by atoms with Gasteiger partial charge in [-0.2, -0.15) is 0 Å². The van der Waals surface area contributed by atoms with E-state index in [0.717, 1.165) is 35.5 Å². The van der Waals surface area contributed by atoms with Crippen molar-refractivity contribution in [2.75, 3.05) is 6.54 Å². The van der Waals surface area contributed by atoms with Crippen LogP contribution in [0.5, 0.6) is 0 Å². The fraction of sp³-hybridized carbons (Fsp3) is 0.400. The van der Waals surface area contributed by atoms with Gasteiger partial charge in [0.05, 0.1) is 11.1 Å². The lowest BCUT2D eigenvalue weighted by molar-refractivity contribution is 0.0735. The third kappa shape index (κ3) is 3.99. The molecule has 0 N–H and O–H groups in total. The van der Waals surface area contributed by atoms with Crippen LogP contribution in [0.4, 0.5) is 0 Å². The molecule has 3 nitrogen and oxygen atoms in total. The molecule has 1 atom stereocenters. The van der Waals surface area contributed by atoms with E-state index in [9.17, 15) is 4.79 Å². The summed E-state index contributed by atoms with van der Waals surface area (Å²) < 4.78 is 0.150. The van der Waals surface area contributed by atoms with Gasteiger partial charge in [0, 0.05) is 23.1 Å². The van der Waals surface area contributed by atoms with Crippen molar-refractivity contribution in [3.8, 4) is 0 Å². The van der Waals surface area contributed by atoms with Gasteiger partial charge in [-0.15, -0.1) is 11.8 Å². The summed E-state index contributed by atoms with van der Waals surface area (Å²) in [6.45, 7) is 7.37. The number of nitrogens with zero attached hydrogens (tertiary/aromatic N) is 2. The van der Waals surface area contributed by atoms with Crippen molar-refractivity contribution < 1.29 is 4.79 Å². The van der Waals surface area contributed by atoms with Crippen LogP contribution in [-0.4, -0.2) is 27.1 Å². The largest absolute Gasteiger partial charge is 0.332 e. The lowest BCUT2D eigenvalue weighted by Crippen LogP contribution is -2.30. The van der Waals surface area contributed by atoms with E-state index in [2.05, 4.69) is 37.9 Å². The van der Waals surface area contributed by atoms with Gasteiger partial charge in [0.25, 0.3) is 5.91 Å². The van der Waals surface area contributed by atoms with Gasteiger partial charge < -0.3 is 4.90 Å². The van der Waals surface area contributed by atoms with Crippen LogP contribution in [0.15, 0.2) is 53.7 Å². The van der Waals surface area contributed by atoms with Crippen LogP contribution >= 0.6 is 11.8 Å². The second-order valence-electron chi connectivity index (χ2n) is 7.17. The van der Waals surface area contributed by atoms with Crippen LogP contribution in [0.25, 0.3) is 0 Å². The molecule has 24 heavy (non-hydrogen) atoms. The predicted octanol–water partition coefficient (Wildman–Crippen LogP) is 4.95. The van der Waals surface area contributed by atoms with Gasteiger partial charge in [-0.3, -0.25) is 4.79 Å². The number of amides is 1. The van der Waals surface area contributed by atoms with Crippen LogP contribution in [0.2, 0.25) is 0 Å². The van der Waals surface area contributed by atoms with E-state index in [1.165, 1.54) is 0 Å². The predicted molar refractivity (Wildman–Crippen MR) is 99.3 cm³/mol. The van der Waals surface area contributed by atoms with E-state index in [0.29, 0.717) is 0 Å². The van der Waals surface area contributed by atoms with Gasteiger partial charge in [-0.1, -0.05) is 45.0 Å². The van der Waals surface area contributed by atoms with Crippen molar-refractivity contribution >= 4 is 17.7 Å². The molecule has 1 aliphatic rings. The molecule has 1 saturated heterocycles. The molecule has 4 heteroatoms. The van der Waals surface area contributed by atoms with E-state index >= 15 is 0 Å². The van der Waals surface area contributed by atoms with Crippen LogP contribution in [0.1, 0.15) is 55.6 Å². The van der Waals surface area contributed by atoms with Gasteiger partial charge in [0.2, 0.25) is 0 Å². The zero-order valence-electron chi connectivity index (χ0n) is 14.5. The Kier molecular flexibility index (Phi) is 4.95. The first-order valence-electron chi connectivity index (χ1n) is 8.45. The monoisotopic (exact) mass is 340 g/mol. The number of benzene rings is 1. The van der Waals surface area contributed by atoms with Crippen molar-refractivity contribution in [2.45, 2.75) is 49.4 Å². The molecule has 1 aliphatic heterocycles. The quantitative estimate of drug-likeness (QED) is 0.741. The average molecular weight is 340 g/mol. The molecule has 0 spiro atoms. The van der Waals surface area contributed by atoms with Crippen LogP contribution in [0, 0.1) is 0 Å². The van der Waals surface area contributed by atoms with Crippen molar-refractivity contribution in [3.63, 3.8) is 0 Å². The second-order valence-corrected chi connectivity index (χ2v) is 9.01. The average Bonchev–Trinajstić information content (AvgIpc) is 3.04. The molecule has 1 amide bonds. The molecule has 0 unspecified atom stereocenters. The fourth-order valence-corrected chi connectivity index (χ4v) is 3.93. The van der Waals surface area contributed by atoms with E-state index in [-0.39, 0.29) is 16.7 Å². The van der Waals surface area contributed by atoms with Gasteiger partial charge in [0.15, 0.2) is 0 Å². The summed E-state index contributed by atoms with van der Waals surface area (Å²) in [7, 11) is 0. The normalized spacial score (nSPS) is 18.0. The number of hydrogen-bond acceptors (Lipinski definition) is 3. The first kappa shape index (κ1) is 17.0. The summed E-state index contributed by atoms with van der Waals surface area (Å²) in [5.74, 6) is 0.117. The van der Waals surface area contributed by atoms with Crippen LogP contribution in [0.3, 0.4) is 0 Å². The van der Waals surface area contributed by atoms with Crippen LogP contribution in [-0.2, 0) is 0 Å². The molecular weight excluding hydrogens is 316 g/mol. The minimum atomic E-state index is 0.117. The molecule has 0 aliphatic carbocycles. The molecule has 0 radical (unpaired) electrons. The molecule has 1 aromatic heterocycles. The topological polar surface area (TPSA) is 33.2 Å². The lowest BCUT2D eigenvalue weighted by atomic mass is 10.1. The van der Waals surface area contributed by atoms with Gasteiger partial charge in [-0.05, 0) is 36.6 Å². The van der Waals surface area contributed by atoms with E-state index < -0.39 is 0 Å². The number of rotatable bonds is 3. The Morgan fingerprint density at radius 1 is 1.17 bits per heavy atom. The number of pyridine rings is 1. The zero-order valence-corrected chi connectivity index (χ0v) is 15.3. The highest BCUT2D eigenvalue weighted by molar-refractivity contribution is 8.00. The molecule has 126 valence electrons. The van der Waals surface area contributed by atoms with Crippen LogP contribution < -0.4 is 0 Å². The molecule has 0 saturated carbocycles. The third-order valence-electron chi connectivity index (χ3n) is 4.09. The third-order valence-corrected chi connectivity index (χ3v) is 5.15. The Labute approximate surface area is 148 Å². The smallest absolute Gasteiger partial charge is 0.254 e. The molecule has 3 rings (SSSR count). The zero-order chi connectivity index (χ0) is 17.2. The number of thioether (sulfide) groups is 1. The highest BCUT2D eigenvalue weighted by atomic mass is 32.2. The highest BCUT2D eigenvalue weighted by Gasteiger charge is 2.30. The summed E-state index contributed by atoms with van der Waals surface area (Å²) in [6, 6.07) is 13.9. The number of likely N-dealkylation sites (tertiary alicyclic amines) is 1. The summed E-state index contributed by atoms with van der Waals surface area (Å²) in [6.07, 6.45) is 3.99. The summed E-state index contributed by atoms with van der Waals surface area (Å²) in [5, 5.41) is 1.03. The Morgan fingerprint density at radius 2 is 1.92 bits per heavy atom. The Balaban J connectivity index is 1.77. The number of hydrogen-bond donors (Lipinski definition) is 0. The number of carbonyl (C=O) groups excluding carboxylic acids is 1. The number of aromatic nitrogens is 1.